The molecule has 0 unspecified atom stereocenters. The average Bonchev–Trinajstić information content (AvgIpc) is 2.89. The summed E-state index contributed by atoms with van der Waals surface area (Å²) in [6.45, 7) is 4.92. The van der Waals surface area contributed by atoms with E-state index in [2.05, 4.69) is 10.2 Å². The Balaban J connectivity index is 1.50. The van der Waals surface area contributed by atoms with Gasteiger partial charge < -0.3 is 15.0 Å². The predicted molar refractivity (Wildman–Crippen MR) is 139 cm³/mol. The summed E-state index contributed by atoms with van der Waals surface area (Å²) in [7, 11) is 1.30. The molecule has 2 heterocycles. The van der Waals surface area contributed by atoms with Crippen LogP contribution in [0.5, 0.6) is 0 Å². The Kier molecular flexibility index (Phi) is 9.10. The third kappa shape index (κ3) is 6.99. The molecule has 42 heavy (non-hydrogen) atoms. The lowest BCUT2D eigenvalue weighted by Gasteiger charge is -2.49. The number of hydrogen-bond acceptors (Lipinski definition) is 4. The van der Waals surface area contributed by atoms with E-state index in [9.17, 15) is 40.3 Å². The van der Waals surface area contributed by atoms with Crippen molar-refractivity contribution in [2.24, 2.45) is 5.92 Å². The molecule has 0 bridgehead atoms. The van der Waals surface area contributed by atoms with E-state index in [1.54, 1.807) is 17.9 Å². The average molecular weight is 604 g/mol. The van der Waals surface area contributed by atoms with Gasteiger partial charge in [-0.2, -0.15) is 26.3 Å². The first-order valence-corrected chi connectivity index (χ1v) is 13.5. The summed E-state index contributed by atoms with van der Waals surface area (Å²) in [6, 6.07) is 5.79. The first kappa shape index (κ1) is 31.6. The van der Waals surface area contributed by atoms with Crippen LogP contribution in [0.3, 0.4) is 0 Å². The van der Waals surface area contributed by atoms with E-state index in [1.807, 2.05) is 0 Å². The molecule has 2 amide bonds. The molecule has 0 radical (unpaired) electrons. The Labute approximate surface area is 238 Å². The number of carbonyl (C=O) groups is 2. The van der Waals surface area contributed by atoms with Gasteiger partial charge >= 0.3 is 18.4 Å². The van der Waals surface area contributed by atoms with Crippen molar-refractivity contribution in [3.05, 3.63) is 70.0 Å². The Morgan fingerprint density at radius 3 is 2.17 bits per heavy atom. The van der Waals surface area contributed by atoms with Gasteiger partial charge in [0.2, 0.25) is 5.91 Å². The van der Waals surface area contributed by atoms with Gasteiger partial charge in [-0.1, -0.05) is 13.0 Å². The minimum absolute atomic E-state index is 0.0557. The number of likely N-dealkylation sites (tertiary alicyclic amines) is 2. The number of amides is 2. The zero-order chi connectivity index (χ0) is 31.0. The minimum Gasteiger partial charge on any atom is -0.453 e. The van der Waals surface area contributed by atoms with Crippen molar-refractivity contribution >= 4 is 12.0 Å². The molecule has 2 saturated heterocycles. The number of aryl methyl sites for hydroxylation is 1. The Morgan fingerprint density at radius 1 is 1.00 bits per heavy atom. The minimum atomic E-state index is -4.97. The highest BCUT2D eigenvalue weighted by molar-refractivity contribution is 5.80. The molecule has 0 aliphatic carbocycles. The molecule has 13 heteroatoms. The number of methoxy groups -OCH3 is 1. The van der Waals surface area contributed by atoms with Crippen LogP contribution in [0.4, 0.5) is 35.5 Å². The van der Waals surface area contributed by atoms with Gasteiger partial charge in [0.25, 0.3) is 0 Å². The van der Waals surface area contributed by atoms with Crippen molar-refractivity contribution < 1.29 is 45.1 Å². The number of nitrogens with one attached hydrogen (secondary N) is 1. The Morgan fingerprint density at radius 2 is 1.62 bits per heavy atom. The normalized spacial score (nSPS) is 21.0. The molecule has 4 rings (SSSR count). The summed E-state index contributed by atoms with van der Waals surface area (Å²) >= 11 is 0. The molecule has 0 aromatic heterocycles. The second-order valence-corrected chi connectivity index (χ2v) is 11.0. The second kappa shape index (κ2) is 12.1. The van der Waals surface area contributed by atoms with Gasteiger partial charge in [0.1, 0.15) is 5.82 Å². The highest BCUT2D eigenvalue weighted by atomic mass is 19.4. The number of piperidine rings is 1. The number of ether oxygens (including phenoxy) is 1. The fraction of sp³-hybridized carbons (Fsp3) is 0.517. The molecule has 2 aliphatic heterocycles. The van der Waals surface area contributed by atoms with Crippen molar-refractivity contribution in [3.8, 4) is 0 Å². The lowest BCUT2D eigenvalue weighted by Crippen LogP contribution is -2.63. The first-order valence-electron chi connectivity index (χ1n) is 13.5. The summed E-state index contributed by atoms with van der Waals surface area (Å²) in [4.78, 5) is 29.0. The molecule has 2 aliphatic rings. The zero-order valence-corrected chi connectivity index (χ0v) is 23.3. The molecule has 2 fully saturated rings. The molecule has 2 aromatic carbocycles. The van der Waals surface area contributed by atoms with Crippen molar-refractivity contribution in [1.82, 2.24) is 15.1 Å². The summed E-state index contributed by atoms with van der Waals surface area (Å²) in [5.41, 5.74) is -1.59. The summed E-state index contributed by atoms with van der Waals surface area (Å²) in [5, 5.41) is 2.74. The number of hydrogen-bond donors (Lipinski definition) is 1. The van der Waals surface area contributed by atoms with E-state index in [4.69, 9.17) is 4.74 Å². The third-order valence-electron chi connectivity index (χ3n) is 8.19. The standard InChI is InChI=1S/C29H32F7N3O3/c1-16-8-21(30)4-5-23(16)25-15-38(22-13-39(14-22)27(41)42-3)7-6-24(25)26(40)37-12-17(2)18-9-19(28(31,32)33)11-20(10-18)29(34,35)36/h4-5,8-11,17,22,24-25H,6-7,12-15H2,1-3H3,(H,37,40)/t17-,24-,25+/m0/s1. The fourth-order valence-electron chi connectivity index (χ4n) is 5.72. The Bertz CT molecular complexity index is 1280. The van der Waals surface area contributed by atoms with Crippen LogP contribution in [0.15, 0.2) is 36.4 Å². The third-order valence-corrected chi connectivity index (χ3v) is 8.19. The predicted octanol–water partition coefficient (Wildman–Crippen LogP) is 5.95. The Hall–Kier alpha value is -3.35. The molecule has 0 saturated carbocycles. The van der Waals surface area contributed by atoms with Crippen molar-refractivity contribution in [2.45, 2.75) is 50.5 Å². The van der Waals surface area contributed by atoms with Crippen LogP contribution in [-0.4, -0.2) is 67.7 Å². The molecule has 6 nitrogen and oxygen atoms in total. The van der Waals surface area contributed by atoms with E-state index in [0.29, 0.717) is 50.3 Å². The van der Waals surface area contributed by atoms with Crippen LogP contribution in [0.25, 0.3) is 0 Å². The smallest absolute Gasteiger partial charge is 0.416 e. The molecule has 0 spiro atoms. The van der Waals surface area contributed by atoms with Crippen molar-refractivity contribution in [3.63, 3.8) is 0 Å². The fourth-order valence-corrected chi connectivity index (χ4v) is 5.72. The van der Waals surface area contributed by atoms with Gasteiger partial charge in [0.05, 0.1) is 18.2 Å². The van der Waals surface area contributed by atoms with Crippen LogP contribution in [0, 0.1) is 18.7 Å². The van der Waals surface area contributed by atoms with Crippen molar-refractivity contribution in [2.75, 3.05) is 39.8 Å². The maximum Gasteiger partial charge on any atom is 0.416 e. The van der Waals surface area contributed by atoms with Crippen LogP contribution in [0.2, 0.25) is 0 Å². The van der Waals surface area contributed by atoms with E-state index in [-0.39, 0.29) is 36.0 Å². The van der Waals surface area contributed by atoms with E-state index in [1.165, 1.54) is 26.2 Å². The number of carbonyl (C=O) groups excluding carboxylic acids is 2. The SMILES string of the molecule is COC(=O)N1CC(N2CC[C@H](C(=O)NC[C@H](C)c3cc(C(F)(F)F)cc(C(F)(F)F)c3)[C@@H](c3ccc(F)cc3C)C2)C1. The number of alkyl halides is 6. The van der Waals surface area contributed by atoms with Crippen LogP contribution in [0.1, 0.15) is 53.0 Å². The lowest BCUT2D eigenvalue weighted by atomic mass is 9.77. The van der Waals surface area contributed by atoms with Gasteiger partial charge in [0, 0.05) is 44.1 Å². The molecule has 1 N–H and O–H groups in total. The highest BCUT2D eigenvalue weighted by Gasteiger charge is 2.42. The number of nitrogens with zero attached hydrogens (tertiary/aromatic N) is 2. The quantitative estimate of drug-likeness (QED) is 0.415. The number of benzene rings is 2. The monoisotopic (exact) mass is 603 g/mol. The summed E-state index contributed by atoms with van der Waals surface area (Å²) in [6.07, 6.45) is -9.95. The van der Waals surface area contributed by atoms with E-state index < -0.39 is 47.2 Å². The van der Waals surface area contributed by atoms with Gasteiger partial charge in [-0.25, -0.2) is 9.18 Å². The largest absolute Gasteiger partial charge is 0.453 e. The highest BCUT2D eigenvalue weighted by Crippen LogP contribution is 2.39. The van der Waals surface area contributed by atoms with E-state index in [0.717, 1.165) is 5.56 Å². The van der Waals surface area contributed by atoms with Gasteiger partial charge in [0.15, 0.2) is 0 Å². The molecular formula is C29H32F7N3O3. The lowest BCUT2D eigenvalue weighted by molar-refractivity contribution is -0.143. The molecular weight excluding hydrogens is 571 g/mol. The van der Waals surface area contributed by atoms with Crippen LogP contribution >= 0.6 is 0 Å². The number of rotatable bonds is 6. The molecule has 2 aromatic rings. The first-order chi connectivity index (χ1) is 19.6. The molecule has 3 atom stereocenters. The van der Waals surface area contributed by atoms with E-state index >= 15 is 0 Å². The topological polar surface area (TPSA) is 61.9 Å². The van der Waals surface area contributed by atoms with Gasteiger partial charge in [-0.15, -0.1) is 0 Å². The molecule has 230 valence electrons. The zero-order valence-electron chi connectivity index (χ0n) is 23.3. The maximum atomic E-state index is 13.9. The van der Waals surface area contributed by atoms with Crippen LogP contribution < -0.4 is 5.32 Å². The van der Waals surface area contributed by atoms with Gasteiger partial charge in [-0.3, -0.25) is 9.69 Å². The second-order valence-electron chi connectivity index (χ2n) is 11.0. The van der Waals surface area contributed by atoms with Gasteiger partial charge in [-0.05, 0) is 72.8 Å². The number of halogens is 7. The maximum absolute atomic E-state index is 13.9. The van der Waals surface area contributed by atoms with Crippen molar-refractivity contribution in [1.29, 1.82) is 0 Å². The summed E-state index contributed by atoms with van der Waals surface area (Å²) in [5.74, 6) is -2.58. The summed E-state index contributed by atoms with van der Waals surface area (Å²) < 4.78 is 98.6. The van der Waals surface area contributed by atoms with Crippen LogP contribution in [-0.2, 0) is 21.9 Å².